The number of rotatable bonds is 6. The van der Waals surface area contributed by atoms with Gasteiger partial charge in [-0.2, -0.15) is 0 Å². The van der Waals surface area contributed by atoms with Crippen LogP contribution in [0.1, 0.15) is 17.5 Å². The standard InChI is InChI=1S/C19H19F3N2O2/c20-15-3-1-2-14(8-15)11-26-16-6-4-13(5-7-16)10-24-12-19(21,22)9-17(24)18(23)25/h1-8,17H,9-12H2,(H2,23,25)/t17-/m0/s1. The van der Waals surface area contributed by atoms with Crippen LogP contribution in [0, 0.1) is 5.82 Å². The Morgan fingerprint density at radius 2 is 1.92 bits per heavy atom. The average Bonchev–Trinajstić information content (AvgIpc) is 2.89. The first-order valence-electron chi connectivity index (χ1n) is 8.20. The molecule has 4 nitrogen and oxygen atoms in total. The van der Waals surface area contributed by atoms with Crippen LogP contribution in [0.2, 0.25) is 0 Å². The maximum atomic E-state index is 13.6. The van der Waals surface area contributed by atoms with Crippen molar-refractivity contribution in [1.29, 1.82) is 0 Å². The molecule has 0 radical (unpaired) electrons. The van der Waals surface area contributed by atoms with Crippen LogP contribution in [0.4, 0.5) is 13.2 Å². The Morgan fingerprint density at radius 3 is 2.58 bits per heavy atom. The van der Waals surface area contributed by atoms with E-state index in [1.807, 2.05) is 0 Å². The summed E-state index contributed by atoms with van der Waals surface area (Å²) < 4.78 is 45.9. The van der Waals surface area contributed by atoms with Gasteiger partial charge >= 0.3 is 0 Å². The highest BCUT2D eigenvalue weighted by Gasteiger charge is 2.47. The molecule has 1 aliphatic heterocycles. The zero-order valence-electron chi connectivity index (χ0n) is 14.0. The van der Waals surface area contributed by atoms with Crippen LogP contribution in [0.25, 0.3) is 0 Å². The van der Waals surface area contributed by atoms with Crippen LogP contribution in [-0.2, 0) is 17.9 Å². The maximum Gasteiger partial charge on any atom is 0.262 e. The SMILES string of the molecule is NC(=O)[C@@H]1CC(F)(F)CN1Cc1ccc(OCc2cccc(F)c2)cc1. The van der Waals surface area contributed by atoms with Crippen molar-refractivity contribution in [2.75, 3.05) is 6.54 Å². The molecule has 0 saturated carbocycles. The lowest BCUT2D eigenvalue weighted by atomic mass is 10.1. The van der Waals surface area contributed by atoms with Gasteiger partial charge in [0.05, 0.1) is 12.6 Å². The molecule has 0 aromatic heterocycles. The molecule has 1 atom stereocenters. The highest BCUT2D eigenvalue weighted by molar-refractivity contribution is 5.80. The van der Waals surface area contributed by atoms with Crippen LogP contribution in [0.3, 0.4) is 0 Å². The van der Waals surface area contributed by atoms with Crippen molar-refractivity contribution in [2.45, 2.75) is 31.5 Å². The number of primary amides is 1. The Bertz CT molecular complexity index is 781. The van der Waals surface area contributed by atoms with Gasteiger partial charge in [0.2, 0.25) is 5.91 Å². The zero-order valence-corrected chi connectivity index (χ0v) is 14.0. The predicted molar refractivity (Wildman–Crippen MR) is 90.1 cm³/mol. The first kappa shape index (κ1) is 18.3. The molecule has 3 rings (SSSR count). The summed E-state index contributed by atoms with van der Waals surface area (Å²) in [6, 6.07) is 12.1. The van der Waals surface area contributed by atoms with Crippen molar-refractivity contribution in [2.24, 2.45) is 5.73 Å². The number of alkyl halides is 2. The van der Waals surface area contributed by atoms with Gasteiger partial charge in [-0.1, -0.05) is 24.3 Å². The van der Waals surface area contributed by atoms with E-state index < -0.39 is 30.8 Å². The van der Waals surface area contributed by atoms with E-state index in [9.17, 15) is 18.0 Å². The number of hydrogen-bond donors (Lipinski definition) is 1. The summed E-state index contributed by atoms with van der Waals surface area (Å²) >= 11 is 0. The minimum Gasteiger partial charge on any atom is -0.489 e. The lowest BCUT2D eigenvalue weighted by Crippen LogP contribution is -2.39. The quantitative estimate of drug-likeness (QED) is 0.857. The van der Waals surface area contributed by atoms with Gasteiger partial charge in [0.15, 0.2) is 0 Å². The largest absolute Gasteiger partial charge is 0.489 e. The van der Waals surface area contributed by atoms with Crippen LogP contribution >= 0.6 is 0 Å². The van der Waals surface area contributed by atoms with Gasteiger partial charge in [0.25, 0.3) is 5.92 Å². The number of likely N-dealkylation sites (tertiary alicyclic amines) is 1. The molecule has 138 valence electrons. The molecule has 1 amide bonds. The Hall–Kier alpha value is -2.54. The lowest BCUT2D eigenvalue weighted by molar-refractivity contribution is -0.122. The number of carbonyl (C=O) groups excluding carboxylic acids is 1. The predicted octanol–water partition coefficient (Wildman–Crippen LogP) is 3.10. The summed E-state index contributed by atoms with van der Waals surface area (Å²) in [5.41, 5.74) is 6.71. The first-order chi connectivity index (χ1) is 12.3. The molecule has 1 saturated heterocycles. The minimum atomic E-state index is -2.91. The Morgan fingerprint density at radius 1 is 1.19 bits per heavy atom. The van der Waals surface area contributed by atoms with E-state index >= 15 is 0 Å². The van der Waals surface area contributed by atoms with E-state index in [4.69, 9.17) is 10.5 Å². The molecular weight excluding hydrogens is 345 g/mol. The monoisotopic (exact) mass is 364 g/mol. The fourth-order valence-corrected chi connectivity index (χ4v) is 3.05. The summed E-state index contributed by atoms with van der Waals surface area (Å²) in [5, 5.41) is 0. The average molecular weight is 364 g/mol. The normalized spacial score (nSPS) is 19.4. The molecule has 0 aliphatic carbocycles. The molecule has 0 unspecified atom stereocenters. The van der Waals surface area contributed by atoms with Crippen molar-refractivity contribution in [1.82, 2.24) is 4.90 Å². The molecule has 1 aliphatic rings. The third-order valence-electron chi connectivity index (χ3n) is 4.30. The smallest absolute Gasteiger partial charge is 0.262 e. The third kappa shape index (κ3) is 4.54. The van der Waals surface area contributed by atoms with Gasteiger partial charge in [-0.05, 0) is 35.4 Å². The molecular formula is C19H19F3N2O2. The fourth-order valence-electron chi connectivity index (χ4n) is 3.05. The molecule has 2 aromatic rings. The van der Waals surface area contributed by atoms with Gasteiger partial charge in [0, 0.05) is 13.0 Å². The Kier molecular flexibility index (Phi) is 5.18. The molecule has 0 bridgehead atoms. The van der Waals surface area contributed by atoms with Crippen molar-refractivity contribution in [3.05, 3.63) is 65.5 Å². The van der Waals surface area contributed by atoms with E-state index in [2.05, 4.69) is 0 Å². The van der Waals surface area contributed by atoms with Crippen molar-refractivity contribution < 1.29 is 22.7 Å². The fraction of sp³-hybridized carbons (Fsp3) is 0.316. The molecule has 1 fully saturated rings. The Balaban J connectivity index is 1.60. The van der Waals surface area contributed by atoms with Crippen molar-refractivity contribution >= 4 is 5.91 Å². The second-order valence-corrected chi connectivity index (χ2v) is 6.45. The van der Waals surface area contributed by atoms with Gasteiger partial charge in [-0.15, -0.1) is 0 Å². The summed E-state index contributed by atoms with van der Waals surface area (Å²) in [7, 11) is 0. The van der Waals surface area contributed by atoms with E-state index in [0.717, 1.165) is 5.56 Å². The van der Waals surface area contributed by atoms with Gasteiger partial charge < -0.3 is 10.5 Å². The molecule has 2 N–H and O–H groups in total. The van der Waals surface area contributed by atoms with Gasteiger partial charge in [-0.3, -0.25) is 9.69 Å². The van der Waals surface area contributed by atoms with Crippen molar-refractivity contribution in [3.63, 3.8) is 0 Å². The first-order valence-corrected chi connectivity index (χ1v) is 8.20. The number of amides is 1. The third-order valence-corrected chi connectivity index (χ3v) is 4.30. The van der Waals surface area contributed by atoms with E-state index in [1.165, 1.54) is 17.0 Å². The minimum absolute atomic E-state index is 0.202. The summed E-state index contributed by atoms with van der Waals surface area (Å²) in [5.74, 6) is -3.39. The van der Waals surface area contributed by atoms with Crippen molar-refractivity contribution in [3.8, 4) is 5.75 Å². The second-order valence-electron chi connectivity index (χ2n) is 6.45. The number of hydrogen-bond acceptors (Lipinski definition) is 3. The molecule has 7 heteroatoms. The number of ether oxygens (including phenoxy) is 1. The highest BCUT2D eigenvalue weighted by Crippen LogP contribution is 2.33. The summed E-state index contributed by atoms with van der Waals surface area (Å²) in [4.78, 5) is 12.8. The van der Waals surface area contributed by atoms with E-state index in [0.29, 0.717) is 11.3 Å². The molecule has 2 aromatic carbocycles. The van der Waals surface area contributed by atoms with E-state index in [-0.39, 0.29) is 19.0 Å². The number of carbonyl (C=O) groups is 1. The summed E-state index contributed by atoms with van der Waals surface area (Å²) in [6.45, 7) is -0.0645. The van der Waals surface area contributed by atoms with Gasteiger partial charge in [0.1, 0.15) is 18.2 Å². The number of nitrogens with zero attached hydrogens (tertiary/aromatic N) is 1. The number of benzene rings is 2. The van der Waals surface area contributed by atoms with Crippen LogP contribution in [0.15, 0.2) is 48.5 Å². The van der Waals surface area contributed by atoms with Crippen LogP contribution < -0.4 is 10.5 Å². The molecule has 1 heterocycles. The van der Waals surface area contributed by atoms with Crippen LogP contribution in [-0.4, -0.2) is 29.3 Å². The maximum absolute atomic E-state index is 13.6. The zero-order chi connectivity index (χ0) is 18.7. The Labute approximate surface area is 149 Å². The topological polar surface area (TPSA) is 55.6 Å². The van der Waals surface area contributed by atoms with Gasteiger partial charge in [-0.25, -0.2) is 13.2 Å². The second kappa shape index (κ2) is 7.37. The molecule has 0 spiro atoms. The lowest BCUT2D eigenvalue weighted by Gasteiger charge is -2.21. The molecule has 26 heavy (non-hydrogen) atoms. The van der Waals surface area contributed by atoms with Crippen LogP contribution in [0.5, 0.6) is 5.75 Å². The number of nitrogens with two attached hydrogens (primary N) is 1. The number of halogens is 3. The highest BCUT2D eigenvalue weighted by atomic mass is 19.3. The van der Waals surface area contributed by atoms with E-state index in [1.54, 1.807) is 36.4 Å². The summed E-state index contributed by atoms with van der Waals surface area (Å²) in [6.07, 6.45) is -0.544.